The van der Waals surface area contributed by atoms with Crippen LogP contribution in [0.3, 0.4) is 0 Å². The Bertz CT molecular complexity index is 334. The SMILES string of the molecule is Cc1ccc(CCCC(N)C(C)C)c(Br)c1. The fourth-order valence-corrected chi connectivity index (χ4v) is 2.41. The van der Waals surface area contributed by atoms with Gasteiger partial charge in [0.2, 0.25) is 0 Å². The zero-order chi connectivity index (χ0) is 12.1. The van der Waals surface area contributed by atoms with Crippen molar-refractivity contribution in [1.82, 2.24) is 0 Å². The van der Waals surface area contributed by atoms with Crippen molar-refractivity contribution in [1.29, 1.82) is 0 Å². The second-order valence-corrected chi connectivity index (χ2v) is 5.75. The molecule has 0 saturated heterocycles. The predicted molar refractivity (Wildman–Crippen MR) is 74.6 cm³/mol. The summed E-state index contributed by atoms with van der Waals surface area (Å²) in [5.74, 6) is 0.585. The molecule has 1 atom stereocenters. The number of aryl methyl sites for hydroxylation is 2. The summed E-state index contributed by atoms with van der Waals surface area (Å²) in [6.07, 6.45) is 3.39. The quantitative estimate of drug-likeness (QED) is 0.866. The van der Waals surface area contributed by atoms with E-state index in [1.807, 2.05) is 0 Å². The lowest BCUT2D eigenvalue weighted by molar-refractivity contribution is 0.452. The maximum atomic E-state index is 6.03. The molecule has 0 radical (unpaired) electrons. The van der Waals surface area contributed by atoms with Crippen LogP contribution in [0.1, 0.15) is 37.8 Å². The minimum atomic E-state index is 0.337. The minimum absolute atomic E-state index is 0.337. The number of halogens is 1. The summed E-state index contributed by atoms with van der Waals surface area (Å²) in [5.41, 5.74) is 8.72. The number of benzene rings is 1. The van der Waals surface area contributed by atoms with Crippen molar-refractivity contribution < 1.29 is 0 Å². The van der Waals surface area contributed by atoms with Gasteiger partial charge in [0.1, 0.15) is 0 Å². The Kier molecular flexibility index (Phi) is 5.50. The Hall–Kier alpha value is -0.340. The van der Waals surface area contributed by atoms with E-state index < -0.39 is 0 Å². The highest BCUT2D eigenvalue weighted by Gasteiger charge is 2.07. The Balaban J connectivity index is 2.43. The smallest absolute Gasteiger partial charge is 0.0209 e. The van der Waals surface area contributed by atoms with E-state index in [4.69, 9.17) is 5.73 Å². The molecule has 0 aliphatic carbocycles. The number of rotatable bonds is 5. The van der Waals surface area contributed by atoms with E-state index >= 15 is 0 Å². The molecule has 16 heavy (non-hydrogen) atoms. The molecule has 1 aromatic rings. The van der Waals surface area contributed by atoms with Gasteiger partial charge in [-0.3, -0.25) is 0 Å². The van der Waals surface area contributed by atoms with E-state index in [9.17, 15) is 0 Å². The van der Waals surface area contributed by atoms with Gasteiger partial charge in [0.05, 0.1) is 0 Å². The van der Waals surface area contributed by atoms with E-state index in [2.05, 4.69) is 54.9 Å². The van der Waals surface area contributed by atoms with Gasteiger partial charge in [-0.25, -0.2) is 0 Å². The summed E-state index contributed by atoms with van der Waals surface area (Å²) in [4.78, 5) is 0. The van der Waals surface area contributed by atoms with Crippen molar-refractivity contribution in [2.75, 3.05) is 0 Å². The summed E-state index contributed by atoms with van der Waals surface area (Å²) in [6, 6.07) is 6.89. The second-order valence-electron chi connectivity index (χ2n) is 4.89. The maximum Gasteiger partial charge on any atom is 0.0209 e. The Morgan fingerprint density at radius 3 is 2.56 bits per heavy atom. The lowest BCUT2D eigenvalue weighted by Crippen LogP contribution is -2.26. The van der Waals surface area contributed by atoms with E-state index in [-0.39, 0.29) is 0 Å². The standard InChI is InChI=1S/C14H22BrN/c1-10(2)14(16)6-4-5-12-8-7-11(3)9-13(12)15/h7-10,14H,4-6,16H2,1-3H3. The van der Waals surface area contributed by atoms with Crippen LogP contribution in [0.5, 0.6) is 0 Å². The molecule has 1 nitrogen and oxygen atoms in total. The zero-order valence-corrected chi connectivity index (χ0v) is 12.0. The molecule has 1 unspecified atom stereocenters. The fraction of sp³-hybridized carbons (Fsp3) is 0.571. The van der Waals surface area contributed by atoms with Crippen molar-refractivity contribution >= 4 is 15.9 Å². The Labute approximate surface area is 108 Å². The first-order chi connectivity index (χ1) is 7.50. The highest BCUT2D eigenvalue weighted by atomic mass is 79.9. The summed E-state index contributed by atoms with van der Waals surface area (Å²) < 4.78 is 1.23. The van der Waals surface area contributed by atoms with Gasteiger partial charge >= 0.3 is 0 Å². The molecule has 2 heteroatoms. The topological polar surface area (TPSA) is 26.0 Å². The van der Waals surface area contributed by atoms with Crippen LogP contribution in [0.4, 0.5) is 0 Å². The number of nitrogens with two attached hydrogens (primary N) is 1. The molecular weight excluding hydrogens is 262 g/mol. The lowest BCUT2D eigenvalue weighted by Gasteiger charge is -2.15. The molecular formula is C14H22BrN. The highest BCUT2D eigenvalue weighted by Crippen LogP contribution is 2.20. The average molecular weight is 284 g/mol. The molecule has 0 aliphatic rings. The van der Waals surface area contributed by atoms with Crippen molar-refractivity contribution in [2.24, 2.45) is 11.7 Å². The first-order valence-corrected chi connectivity index (χ1v) is 6.80. The summed E-state index contributed by atoms with van der Waals surface area (Å²) >= 11 is 3.61. The maximum absolute atomic E-state index is 6.03. The molecule has 0 aromatic heterocycles. The van der Waals surface area contributed by atoms with Crippen molar-refractivity contribution in [3.05, 3.63) is 33.8 Å². The van der Waals surface area contributed by atoms with Crippen LogP contribution >= 0.6 is 15.9 Å². The number of hydrogen-bond acceptors (Lipinski definition) is 1. The van der Waals surface area contributed by atoms with Crippen LogP contribution in [0, 0.1) is 12.8 Å². The Morgan fingerprint density at radius 2 is 2.00 bits per heavy atom. The van der Waals surface area contributed by atoms with Gasteiger partial charge in [0.15, 0.2) is 0 Å². The molecule has 0 saturated carbocycles. The molecule has 2 N–H and O–H groups in total. The molecule has 0 heterocycles. The normalized spacial score (nSPS) is 13.1. The predicted octanol–water partition coefficient (Wildman–Crippen LogP) is 4.06. The molecule has 0 amide bonds. The van der Waals surface area contributed by atoms with Crippen LogP contribution in [0.25, 0.3) is 0 Å². The van der Waals surface area contributed by atoms with Crippen molar-refractivity contribution in [3.63, 3.8) is 0 Å². The third-order valence-corrected chi connectivity index (χ3v) is 3.79. The van der Waals surface area contributed by atoms with Crippen LogP contribution < -0.4 is 5.73 Å². The van der Waals surface area contributed by atoms with Crippen molar-refractivity contribution in [3.8, 4) is 0 Å². The molecule has 90 valence electrons. The molecule has 0 aliphatic heterocycles. The summed E-state index contributed by atoms with van der Waals surface area (Å²) in [5, 5.41) is 0. The van der Waals surface area contributed by atoms with Gasteiger partial charge in [0, 0.05) is 10.5 Å². The minimum Gasteiger partial charge on any atom is -0.327 e. The highest BCUT2D eigenvalue weighted by molar-refractivity contribution is 9.10. The van der Waals surface area contributed by atoms with Crippen LogP contribution in [0.2, 0.25) is 0 Å². The summed E-state index contributed by atoms with van der Waals surface area (Å²) in [7, 11) is 0. The van der Waals surface area contributed by atoms with E-state index in [0.717, 1.165) is 12.8 Å². The van der Waals surface area contributed by atoms with E-state index in [0.29, 0.717) is 12.0 Å². The van der Waals surface area contributed by atoms with Gasteiger partial charge < -0.3 is 5.73 Å². The van der Waals surface area contributed by atoms with Crippen molar-refractivity contribution in [2.45, 2.75) is 46.1 Å². The largest absolute Gasteiger partial charge is 0.327 e. The van der Waals surface area contributed by atoms with Crippen LogP contribution in [0.15, 0.2) is 22.7 Å². The third kappa shape index (κ3) is 4.26. The van der Waals surface area contributed by atoms with Gasteiger partial charge in [-0.15, -0.1) is 0 Å². The first kappa shape index (κ1) is 13.7. The monoisotopic (exact) mass is 283 g/mol. The molecule has 0 spiro atoms. The number of hydrogen-bond donors (Lipinski definition) is 1. The van der Waals surface area contributed by atoms with E-state index in [1.54, 1.807) is 0 Å². The average Bonchev–Trinajstić information content (AvgIpc) is 2.20. The Morgan fingerprint density at radius 1 is 1.31 bits per heavy atom. The molecule has 0 bridgehead atoms. The zero-order valence-electron chi connectivity index (χ0n) is 10.5. The first-order valence-electron chi connectivity index (χ1n) is 6.01. The second kappa shape index (κ2) is 6.41. The van der Waals surface area contributed by atoms with Crippen LogP contribution in [-0.4, -0.2) is 6.04 Å². The van der Waals surface area contributed by atoms with Gasteiger partial charge in [-0.1, -0.05) is 41.9 Å². The molecule has 1 rings (SSSR count). The van der Waals surface area contributed by atoms with Gasteiger partial charge in [0.25, 0.3) is 0 Å². The fourth-order valence-electron chi connectivity index (χ4n) is 1.72. The van der Waals surface area contributed by atoms with Crippen LogP contribution in [-0.2, 0) is 6.42 Å². The summed E-state index contributed by atoms with van der Waals surface area (Å²) in [6.45, 7) is 6.49. The van der Waals surface area contributed by atoms with E-state index in [1.165, 1.54) is 22.0 Å². The van der Waals surface area contributed by atoms with Gasteiger partial charge in [-0.2, -0.15) is 0 Å². The molecule has 1 aromatic carbocycles. The lowest BCUT2D eigenvalue weighted by atomic mass is 9.97. The van der Waals surface area contributed by atoms with Gasteiger partial charge in [-0.05, 0) is 49.3 Å². The molecule has 0 fully saturated rings. The third-order valence-electron chi connectivity index (χ3n) is 3.05.